The van der Waals surface area contributed by atoms with Crippen molar-refractivity contribution >= 4 is 17.5 Å². The first-order chi connectivity index (χ1) is 19.9. The standard InChI is InChI=1S/C29H20F3N7O2/c30-29(31,32)24-19-11-10-18-23(24)25(37-36-20-12-4-1-5-13-20)38-39-26-33-27(40-21-14-6-2-7-15-21)35-28(34-26)41-22-16-8-3-9-17-22/h1-19H,(H,33,34,35,39)/b37-36+,38-25-. The zero-order valence-corrected chi connectivity index (χ0v) is 21.1. The minimum absolute atomic E-state index is 0.141. The van der Waals surface area contributed by atoms with E-state index in [2.05, 4.69) is 35.7 Å². The lowest BCUT2D eigenvalue weighted by Crippen LogP contribution is -2.13. The number of hydrogen-bond acceptors (Lipinski definition) is 8. The summed E-state index contributed by atoms with van der Waals surface area (Å²) in [4.78, 5) is 12.6. The molecule has 0 aliphatic carbocycles. The number of nitrogens with zero attached hydrogens (tertiary/aromatic N) is 6. The van der Waals surface area contributed by atoms with Gasteiger partial charge in [0.2, 0.25) is 5.84 Å². The molecular weight excluding hydrogens is 535 g/mol. The molecule has 12 heteroatoms. The molecule has 1 heterocycles. The van der Waals surface area contributed by atoms with Crippen molar-refractivity contribution in [3.63, 3.8) is 0 Å². The Bertz CT molecular complexity index is 1590. The molecule has 5 aromatic rings. The van der Waals surface area contributed by atoms with E-state index in [0.717, 1.165) is 6.07 Å². The number of benzene rings is 4. The van der Waals surface area contributed by atoms with Crippen molar-refractivity contribution in [3.8, 4) is 23.5 Å². The lowest BCUT2D eigenvalue weighted by atomic mass is 10.1. The van der Waals surface area contributed by atoms with Crippen molar-refractivity contribution in [2.75, 3.05) is 5.43 Å². The first kappa shape index (κ1) is 26.9. The van der Waals surface area contributed by atoms with E-state index in [1.54, 1.807) is 78.9 Å². The Morgan fingerprint density at radius 2 is 1.15 bits per heavy atom. The number of aromatic nitrogens is 3. The third kappa shape index (κ3) is 7.47. The number of rotatable bonds is 8. The van der Waals surface area contributed by atoms with Gasteiger partial charge in [-0.1, -0.05) is 72.8 Å². The van der Waals surface area contributed by atoms with Crippen LogP contribution in [0.4, 0.5) is 24.8 Å². The zero-order valence-electron chi connectivity index (χ0n) is 21.1. The van der Waals surface area contributed by atoms with Gasteiger partial charge in [-0.3, -0.25) is 0 Å². The monoisotopic (exact) mass is 555 g/mol. The number of nitrogens with one attached hydrogen (secondary N) is 1. The van der Waals surface area contributed by atoms with Crippen molar-refractivity contribution in [2.45, 2.75) is 6.18 Å². The van der Waals surface area contributed by atoms with Gasteiger partial charge >= 0.3 is 18.2 Å². The number of hydrazone groups is 1. The predicted octanol–water partition coefficient (Wildman–Crippen LogP) is 8.03. The van der Waals surface area contributed by atoms with Gasteiger partial charge in [0.15, 0.2) is 0 Å². The number of halogens is 3. The van der Waals surface area contributed by atoms with Gasteiger partial charge in [0, 0.05) is 5.56 Å². The number of azo groups is 1. The van der Waals surface area contributed by atoms with E-state index in [9.17, 15) is 13.2 Å². The van der Waals surface area contributed by atoms with Crippen LogP contribution in [0.2, 0.25) is 0 Å². The SMILES string of the molecule is FC(F)(F)c1ccccc1C(=N/Nc1nc(Oc2ccccc2)nc(Oc2ccccc2)n1)/N=N/c1ccccc1. The molecule has 0 atom stereocenters. The van der Waals surface area contributed by atoms with Crippen LogP contribution in [0.3, 0.4) is 0 Å². The number of alkyl halides is 3. The molecule has 1 aromatic heterocycles. The summed E-state index contributed by atoms with van der Waals surface area (Å²) < 4.78 is 53.0. The molecule has 0 aliphatic rings. The molecule has 0 amide bonds. The van der Waals surface area contributed by atoms with Crippen molar-refractivity contribution in [1.29, 1.82) is 0 Å². The molecule has 0 saturated carbocycles. The molecule has 0 unspecified atom stereocenters. The highest BCUT2D eigenvalue weighted by atomic mass is 19.4. The van der Waals surface area contributed by atoms with Gasteiger partial charge in [-0.15, -0.1) is 15.2 Å². The Morgan fingerprint density at radius 3 is 1.71 bits per heavy atom. The van der Waals surface area contributed by atoms with Crippen LogP contribution >= 0.6 is 0 Å². The summed E-state index contributed by atoms with van der Waals surface area (Å²) in [6.07, 6.45) is -4.67. The van der Waals surface area contributed by atoms with Crippen molar-refractivity contribution < 1.29 is 22.6 Å². The number of anilines is 1. The normalized spacial score (nSPS) is 11.8. The van der Waals surface area contributed by atoms with Gasteiger partial charge in [0.1, 0.15) is 11.5 Å². The molecule has 0 saturated heterocycles. The van der Waals surface area contributed by atoms with Gasteiger partial charge < -0.3 is 9.47 Å². The van der Waals surface area contributed by atoms with Crippen LogP contribution in [0.1, 0.15) is 11.1 Å². The molecule has 9 nitrogen and oxygen atoms in total. The van der Waals surface area contributed by atoms with Gasteiger partial charge in [-0.25, -0.2) is 5.43 Å². The number of amidine groups is 1. The fraction of sp³-hybridized carbons (Fsp3) is 0.0345. The predicted molar refractivity (Wildman–Crippen MR) is 145 cm³/mol. The molecule has 0 radical (unpaired) electrons. The Labute approximate surface area is 232 Å². The van der Waals surface area contributed by atoms with E-state index in [4.69, 9.17) is 9.47 Å². The minimum Gasteiger partial charge on any atom is -0.424 e. The summed E-state index contributed by atoms with van der Waals surface area (Å²) in [5.74, 6) is 0.345. The second-order valence-electron chi connectivity index (χ2n) is 8.18. The van der Waals surface area contributed by atoms with Gasteiger partial charge in [-0.05, 0) is 42.5 Å². The average Bonchev–Trinajstić information content (AvgIpc) is 2.98. The molecule has 41 heavy (non-hydrogen) atoms. The fourth-order valence-corrected chi connectivity index (χ4v) is 3.43. The Kier molecular flexibility index (Phi) is 8.19. The van der Waals surface area contributed by atoms with E-state index in [0.29, 0.717) is 17.2 Å². The Morgan fingerprint density at radius 1 is 0.634 bits per heavy atom. The minimum atomic E-state index is -4.67. The lowest BCUT2D eigenvalue weighted by Gasteiger charge is -2.12. The van der Waals surface area contributed by atoms with Crippen LogP contribution in [0.5, 0.6) is 23.5 Å². The second kappa shape index (κ2) is 12.5. The van der Waals surface area contributed by atoms with Crippen LogP contribution in [0.25, 0.3) is 0 Å². The topological polar surface area (TPSA) is 106 Å². The third-order valence-electron chi connectivity index (χ3n) is 5.25. The molecule has 0 spiro atoms. The van der Waals surface area contributed by atoms with E-state index in [-0.39, 0.29) is 29.4 Å². The quantitative estimate of drug-likeness (QED) is 0.0899. The molecule has 1 N–H and O–H groups in total. The lowest BCUT2D eigenvalue weighted by molar-refractivity contribution is -0.137. The summed E-state index contributed by atoms with van der Waals surface area (Å²) in [6, 6.07) is 30.6. The summed E-state index contributed by atoms with van der Waals surface area (Å²) in [5.41, 5.74) is 1.73. The fourth-order valence-electron chi connectivity index (χ4n) is 3.43. The summed E-state index contributed by atoms with van der Waals surface area (Å²) >= 11 is 0. The smallest absolute Gasteiger partial charge is 0.417 e. The maximum Gasteiger partial charge on any atom is 0.417 e. The van der Waals surface area contributed by atoms with Crippen LogP contribution in [-0.4, -0.2) is 20.8 Å². The molecular formula is C29H20F3N7O2. The summed E-state index contributed by atoms with van der Waals surface area (Å²) in [6.45, 7) is 0. The van der Waals surface area contributed by atoms with Crippen LogP contribution < -0.4 is 14.9 Å². The highest BCUT2D eigenvalue weighted by Crippen LogP contribution is 2.33. The van der Waals surface area contributed by atoms with Crippen LogP contribution in [0, 0.1) is 0 Å². The highest BCUT2D eigenvalue weighted by Gasteiger charge is 2.34. The molecule has 0 fully saturated rings. The third-order valence-corrected chi connectivity index (χ3v) is 5.25. The van der Waals surface area contributed by atoms with E-state index >= 15 is 0 Å². The molecule has 5 rings (SSSR count). The maximum absolute atomic E-state index is 13.8. The average molecular weight is 556 g/mol. The largest absolute Gasteiger partial charge is 0.424 e. The van der Waals surface area contributed by atoms with Crippen molar-refractivity contribution in [2.24, 2.45) is 15.3 Å². The van der Waals surface area contributed by atoms with Crippen LogP contribution in [0.15, 0.2) is 131 Å². The van der Waals surface area contributed by atoms with E-state index < -0.39 is 11.7 Å². The van der Waals surface area contributed by atoms with Gasteiger partial charge in [0.25, 0.3) is 5.95 Å². The first-order valence-corrected chi connectivity index (χ1v) is 12.1. The number of para-hydroxylation sites is 2. The summed E-state index contributed by atoms with van der Waals surface area (Å²) in [5, 5.41) is 12.2. The Hall–Kier alpha value is -5.65. The van der Waals surface area contributed by atoms with E-state index in [1.807, 2.05) is 12.1 Å². The number of hydrogen-bond donors (Lipinski definition) is 1. The first-order valence-electron chi connectivity index (χ1n) is 12.1. The van der Waals surface area contributed by atoms with Gasteiger partial charge in [0.05, 0.1) is 11.3 Å². The number of ether oxygens (including phenoxy) is 2. The van der Waals surface area contributed by atoms with Crippen molar-refractivity contribution in [3.05, 3.63) is 126 Å². The molecule has 0 aliphatic heterocycles. The molecule has 4 aromatic carbocycles. The van der Waals surface area contributed by atoms with Crippen molar-refractivity contribution in [1.82, 2.24) is 15.0 Å². The van der Waals surface area contributed by atoms with Crippen LogP contribution in [-0.2, 0) is 6.18 Å². The Balaban J connectivity index is 1.53. The van der Waals surface area contributed by atoms with E-state index in [1.165, 1.54) is 18.2 Å². The molecule has 0 bridgehead atoms. The van der Waals surface area contributed by atoms with Gasteiger partial charge in [-0.2, -0.15) is 28.2 Å². The zero-order chi connectivity index (χ0) is 28.5. The molecule has 204 valence electrons. The maximum atomic E-state index is 13.8. The second-order valence-corrected chi connectivity index (χ2v) is 8.18. The summed E-state index contributed by atoms with van der Waals surface area (Å²) in [7, 11) is 0. The highest BCUT2D eigenvalue weighted by molar-refractivity contribution is 6.01.